The molecule has 0 aliphatic heterocycles. The highest BCUT2D eigenvalue weighted by Gasteiger charge is 2.30. The first kappa shape index (κ1) is 27.1. The number of methoxy groups -OCH3 is 1. The quantitative estimate of drug-likeness (QED) is 0.323. The summed E-state index contributed by atoms with van der Waals surface area (Å²) in [6.45, 7) is 1.61. The van der Waals surface area contributed by atoms with Gasteiger partial charge in [-0.05, 0) is 24.1 Å². The standard InChI is InChI=1S/C24H28N4O6S2/c1-3-18-16-35-23(25-18)21(15-28(36(31,32)33)19-12-8-5-9-13-19)26-22(29)20(27-24(30)34-2)14-17-10-6-4-7-11-17/h4-13,16,20-21H,3,14-15H2,1-2H3,(H,26,29)(H,27,30)(H,31,32,33)/t20-,21-/m0/s1. The molecule has 36 heavy (non-hydrogen) atoms. The third-order valence-corrected chi connectivity index (χ3v) is 7.22. The molecule has 12 heteroatoms. The van der Waals surface area contributed by atoms with Crippen molar-refractivity contribution in [1.82, 2.24) is 15.6 Å². The maximum atomic E-state index is 13.4. The van der Waals surface area contributed by atoms with Gasteiger partial charge < -0.3 is 15.4 Å². The predicted octanol–water partition coefficient (Wildman–Crippen LogP) is 3.14. The number of nitrogens with zero attached hydrogens (tertiary/aromatic N) is 2. The van der Waals surface area contributed by atoms with E-state index in [9.17, 15) is 22.6 Å². The highest BCUT2D eigenvalue weighted by molar-refractivity contribution is 7.87. The van der Waals surface area contributed by atoms with E-state index in [1.54, 1.807) is 18.2 Å². The maximum Gasteiger partial charge on any atom is 0.407 e. The average molecular weight is 533 g/mol. The summed E-state index contributed by atoms with van der Waals surface area (Å²) in [4.78, 5) is 29.9. The molecule has 0 spiro atoms. The third-order valence-electron chi connectivity index (χ3n) is 5.29. The van der Waals surface area contributed by atoms with Gasteiger partial charge in [-0.25, -0.2) is 14.1 Å². The van der Waals surface area contributed by atoms with Gasteiger partial charge in [0.1, 0.15) is 11.0 Å². The number of ether oxygens (including phenoxy) is 1. The Kier molecular flexibility index (Phi) is 9.39. The van der Waals surface area contributed by atoms with E-state index in [0.717, 1.165) is 15.6 Å². The molecule has 0 saturated heterocycles. The molecule has 0 unspecified atom stereocenters. The van der Waals surface area contributed by atoms with Crippen molar-refractivity contribution >= 4 is 39.3 Å². The summed E-state index contributed by atoms with van der Waals surface area (Å²) in [6, 6.07) is 15.2. The maximum absolute atomic E-state index is 13.4. The summed E-state index contributed by atoms with van der Waals surface area (Å²) in [6.07, 6.45) is 0.0417. The van der Waals surface area contributed by atoms with Crippen molar-refractivity contribution in [2.24, 2.45) is 0 Å². The highest BCUT2D eigenvalue weighted by atomic mass is 32.2. The van der Waals surface area contributed by atoms with Gasteiger partial charge in [0.05, 0.1) is 31.1 Å². The van der Waals surface area contributed by atoms with E-state index in [4.69, 9.17) is 0 Å². The van der Waals surface area contributed by atoms with Crippen LogP contribution in [0.3, 0.4) is 0 Å². The number of benzene rings is 2. The van der Waals surface area contributed by atoms with Gasteiger partial charge in [-0.1, -0.05) is 55.5 Å². The van der Waals surface area contributed by atoms with E-state index >= 15 is 0 Å². The molecule has 192 valence electrons. The number of thiazole rings is 1. The Labute approximate surface area is 214 Å². The molecule has 0 fully saturated rings. The molecule has 0 radical (unpaired) electrons. The zero-order chi connectivity index (χ0) is 26.1. The third kappa shape index (κ3) is 7.51. The second-order valence-corrected chi connectivity index (χ2v) is 10.0. The number of carbonyl (C=O) groups is 2. The van der Waals surface area contributed by atoms with Crippen LogP contribution >= 0.6 is 11.3 Å². The Morgan fingerprint density at radius 3 is 2.28 bits per heavy atom. The molecule has 0 aliphatic rings. The van der Waals surface area contributed by atoms with Crippen LogP contribution < -0.4 is 14.9 Å². The molecule has 3 rings (SSSR count). The smallest absolute Gasteiger partial charge is 0.407 e. The molecule has 2 amide bonds. The van der Waals surface area contributed by atoms with Crippen molar-refractivity contribution in [3.63, 3.8) is 0 Å². The highest BCUT2D eigenvalue weighted by Crippen LogP contribution is 2.25. The Balaban J connectivity index is 1.93. The van der Waals surface area contributed by atoms with Crippen molar-refractivity contribution < 1.29 is 27.3 Å². The van der Waals surface area contributed by atoms with E-state index in [2.05, 4.69) is 20.4 Å². The number of nitrogens with one attached hydrogen (secondary N) is 2. The number of aromatic nitrogens is 1. The monoisotopic (exact) mass is 532 g/mol. The van der Waals surface area contributed by atoms with E-state index in [-0.39, 0.29) is 18.7 Å². The minimum Gasteiger partial charge on any atom is -0.453 e. The van der Waals surface area contributed by atoms with Crippen LogP contribution in [0.1, 0.15) is 29.2 Å². The first-order valence-corrected chi connectivity index (χ1v) is 13.4. The van der Waals surface area contributed by atoms with Gasteiger partial charge in [-0.3, -0.25) is 9.35 Å². The summed E-state index contributed by atoms with van der Waals surface area (Å²) < 4.78 is 40.0. The van der Waals surface area contributed by atoms with Gasteiger partial charge in [0, 0.05) is 11.8 Å². The van der Waals surface area contributed by atoms with Crippen molar-refractivity contribution in [3.8, 4) is 0 Å². The second kappa shape index (κ2) is 12.5. The minimum atomic E-state index is -4.68. The first-order valence-electron chi connectivity index (χ1n) is 11.1. The molecule has 3 aromatic rings. The molecule has 0 saturated carbocycles. The van der Waals surface area contributed by atoms with Crippen LogP contribution in [-0.4, -0.2) is 49.7 Å². The summed E-state index contributed by atoms with van der Waals surface area (Å²) in [5.41, 5.74) is 1.80. The number of anilines is 1. The van der Waals surface area contributed by atoms with Crippen molar-refractivity contribution in [2.75, 3.05) is 18.0 Å². The van der Waals surface area contributed by atoms with Crippen molar-refractivity contribution in [1.29, 1.82) is 0 Å². The van der Waals surface area contributed by atoms with Crippen LogP contribution in [-0.2, 0) is 32.7 Å². The predicted molar refractivity (Wildman–Crippen MR) is 137 cm³/mol. The van der Waals surface area contributed by atoms with Crippen LogP contribution in [0.25, 0.3) is 0 Å². The normalized spacial score (nSPS) is 12.9. The van der Waals surface area contributed by atoms with Crippen molar-refractivity contribution in [2.45, 2.75) is 31.8 Å². The molecule has 0 aliphatic carbocycles. The lowest BCUT2D eigenvalue weighted by atomic mass is 10.0. The van der Waals surface area contributed by atoms with Gasteiger partial charge >= 0.3 is 16.4 Å². The Hall–Kier alpha value is -3.48. The van der Waals surface area contributed by atoms with Gasteiger partial charge in [-0.2, -0.15) is 8.42 Å². The van der Waals surface area contributed by atoms with Crippen molar-refractivity contribution in [3.05, 3.63) is 82.3 Å². The molecular weight excluding hydrogens is 504 g/mol. The SMILES string of the molecule is CCc1csc([C@H](CN(c2ccccc2)S(=O)(=O)O)NC(=O)[C@H](Cc2ccccc2)NC(=O)OC)n1. The first-order chi connectivity index (χ1) is 17.2. The van der Waals surface area contributed by atoms with Crippen LogP contribution in [0.4, 0.5) is 10.5 Å². The number of aryl methyl sites for hydroxylation is 1. The van der Waals surface area contributed by atoms with Crippen LogP contribution in [0, 0.1) is 0 Å². The van der Waals surface area contributed by atoms with Gasteiger partial charge in [0.15, 0.2) is 0 Å². The van der Waals surface area contributed by atoms with Gasteiger partial charge in [0.25, 0.3) is 0 Å². The fourth-order valence-corrected chi connectivity index (χ4v) is 5.13. The zero-order valence-electron chi connectivity index (χ0n) is 19.8. The summed E-state index contributed by atoms with van der Waals surface area (Å²) >= 11 is 1.27. The van der Waals surface area contributed by atoms with Gasteiger partial charge in [-0.15, -0.1) is 11.3 Å². The van der Waals surface area contributed by atoms with E-state index in [1.165, 1.54) is 30.6 Å². The summed E-state index contributed by atoms with van der Waals surface area (Å²) in [5.74, 6) is -0.564. The van der Waals surface area contributed by atoms with Crippen LogP contribution in [0.2, 0.25) is 0 Å². The number of para-hydroxylation sites is 1. The Morgan fingerprint density at radius 2 is 1.72 bits per heavy atom. The number of carbonyl (C=O) groups excluding carboxylic acids is 2. The molecule has 10 nitrogen and oxygen atoms in total. The van der Waals surface area contributed by atoms with Crippen LogP contribution in [0.15, 0.2) is 66.0 Å². The largest absolute Gasteiger partial charge is 0.453 e. The lowest BCUT2D eigenvalue weighted by Crippen LogP contribution is -2.50. The molecule has 2 atom stereocenters. The molecule has 0 bridgehead atoms. The minimum absolute atomic E-state index is 0.174. The summed E-state index contributed by atoms with van der Waals surface area (Å²) in [7, 11) is -3.48. The zero-order valence-corrected chi connectivity index (χ0v) is 21.5. The number of hydrogen-bond donors (Lipinski definition) is 3. The number of rotatable bonds is 11. The lowest BCUT2D eigenvalue weighted by Gasteiger charge is -2.27. The van der Waals surface area contributed by atoms with E-state index in [1.807, 2.05) is 42.6 Å². The molecule has 1 aromatic heterocycles. The molecular formula is C24H28N4O6S2. The molecule has 1 heterocycles. The number of hydrogen-bond acceptors (Lipinski definition) is 7. The lowest BCUT2D eigenvalue weighted by molar-refractivity contribution is -0.123. The van der Waals surface area contributed by atoms with E-state index in [0.29, 0.717) is 11.4 Å². The fourth-order valence-electron chi connectivity index (χ4n) is 3.46. The number of alkyl carbamates (subject to hydrolysis) is 1. The number of amides is 2. The molecule has 3 N–H and O–H groups in total. The Morgan fingerprint density at radius 1 is 1.08 bits per heavy atom. The summed E-state index contributed by atoms with van der Waals surface area (Å²) in [5, 5.41) is 7.63. The van der Waals surface area contributed by atoms with Crippen LogP contribution in [0.5, 0.6) is 0 Å². The van der Waals surface area contributed by atoms with E-state index < -0.39 is 34.4 Å². The molecule has 2 aromatic carbocycles. The van der Waals surface area contributed by atoms with Gasteiger partial charge in [0.2, 0.25) is 5.91 Å². The topological polar surface area (TPSA) is 138 Å². The Bertz CT molecular complexity index is 1250. The fraction of sp³-hybridized carbons (Fsp3) is 0.292. The average Bonchev–Trinajstić information content (AvgIpc) is 3.35. The second-order valence-electron chi connectivity index (χ2n) is 7.81.